The van der Waals surface area contributed by atoms with Crippen molar-refractivity contribution in [3.05, 3.63) is 21.1 Å². The number of ether oxygens (including phenoxy) is 1. The summed E-state index contributed by atoms with van der Waals surface area (Å²) in [7, 11) is 0. The summed E-state index contributed by atoms with van der Waals surface area (Å²) in [6, 6.07) is 3.02. The molecule has 6 heteroatoms. The fourth-order valence-corrected chi connectivity index (χ4v) is 1.93. The van der Waals surface area contributed by atoms with Gasteiger partial charge in [0.1, 0.15) is 5.75 Å². The molecule has 0 spiro atoms. The highest BCUT2D eigenvalue weighted by Gasteiger charge is 2.11. The van der Waals surface area contributed by atoms with Gasteiger partial charge in [-0.2, -0.15) is 8.78 Å². The summed E-state index contributed by atoms with van der Waals surface area (Å²) in [6.45, 7) is -2.83. The molecular formula is C7H4Br2F2OS. The quantitative estimate of drug-likeness (QED) is 0.802. The van der Waals surface area contributed by atoms with E-state index in [0.29, 0.717) is 13.8 Å². The third-order valence-corrected chi connectivity index (χ3v) is 3.77. The van der Waals surface area contributed by atoms with Gasteiger partial charge in [0.05, 0.1) is 4.47 Å². The molecule has 0 aliphatic rings. The van der Waals surface area contributed by atoms with Crippen LogP contribution in [0.5, 0.6) is 5.75 Å². The van der Waals surface area contributed by atoms with E-state index in [4.69, 9.17) is 0 Å². The molecule has 1 aromatic rings. The van der Waals surface area contributed by atoms with E-state index in [-0.39, 0.29) is 5.75 Å². The first-order chi connectivity index (χ1) is 6.02. The van der Waals surface area contributed by atoms with Gasteiger partial charge in [-0.25, -0.2) is 0 Å². The van der Waals surface area contributed by atoms with E-state index in [9.17, 15) is 8.78 Å². The second kappa shape index (κ2) is 4.61. The maximum Gasteiger partial charge on any atom is 0.387 e. The average Bonchev–Trinajstić information content (AvgIpc) is 2.06. The second-order valence-corrected chi connectivity index (χ2v) is 4.18. The van der Waals surface area contributed by atoms with Crippen LogP contribution in [0.4, 0.5) is 8.78 Å². The molecule has 0 heterocycles. The predicted octanol–water partition coefficient (Wildman–Crippen LogP) is 4.10. The molecule has 1 aromatic carbocycles. The van der Waals surface area contributed by atoms with Crippen LogP contribution in [-0.4, -0.2) is 6.61 Å². The Morgan fingerprint density at radius 3 is 2.46 bits per heavy atom. The number of thiol groups is 1. The Labute approximate surface area is 96.1 Å². The number of benzene rings is 1. The zero-order valence-electron chi connectivity index (χ0n) is 6.10. The van der Waals surface area contributed by atoms with Crippen molar-refractivity contribution in [3.8, 4) is 5.75 Å². The Bertz CT molecular complexity index is 320. The number of rotatable bonds is 2. The van der Waals surface area contributed by atoms with Crippen molar-refractivity contribution in [2.45, 2.75) is 11.5 Å². The summed E-state index contributed by atoms with van der Waals surface area (Å²) in [6.07, 6.45) is 0. The van der Waals surface area contributed by atoms with Crippen LogP contribution in [-0.2, 0) is 0 Å². The van der Waals surface area contributed by atoms with Gasteiger partial charge in [0.15, 0.2) is 0 Å². The summed E-state index contributed by atoms with van der Waals surface area (Å²) in [5.41, 5.74) is 0. The van der Waals surface area contributed by atoms with Crippen molar-refractivity contribution in [3.63, 3.8) is 0 Å². The van der Waals surface area contributed by atoms with Gasteiger partial charge in [-0.15, -0.1) is 12.6 Å². The third-order valence-electron chi connectivity index (χ3n) is 1.25. The van der Waals surface area contributed by atoms with Gasteiger partial charge in [-0.3, -0.25) is 0 Å². The maximum absolute atomic E-state index is 11.9. The SMILES string of the molecule is FC(F)Oc1ccc(Br)c(S)c1Br. The molecule has 0 aliphatic heterocycles. The number of alkyl halides is 2. The fraction of sp³-hybridized carbons (Fsp3) is 0.143. The summed E-state index contributed by atoms with van der Waals surface area (Å²) >= 11 is 10.4. The molecule has 0 saturated heterocycles. The van der Waals surface area contributed by atoms with E-state index < -0.39 is 6.61 Å². The molecule has 72 valence electrons. The van der Waals surface area contributed by atoms with Crippen LogP contribution >= 0.6 is 44.5 Å². The molecule has 0 atom stereocenters. The lowest BCUT2D eigenvalue weighted by Crippen LogP contribution is -2.02. The van der Waals surface area contributed by atoms with Crippen LogP contribution in [0, 0.1) is 0 Å². The number of halogens is 4. The van der Waals surface area contributed by atoms with Crippen LogP contribution in [0.25, 0.3) is 0 Å². The molecule has 0 N–H and O–H groups in total. The summed E-state index contributed by atoms with van der Waals surface area (Å²) in [5, 5.41) is 0. The monoisotopic (exact) mass is 332 g/mol. The topological polar surface area (TPSA) is 9.23 Å². The Hall–Kier alpha value is 0.190. The third kappa shape index (κ3) is 2.82. The van der Waals surface area contributed by atoms with E-state index in [0.717, 1.165) is 0 Å². The molecule has 1 nitrogen and oxygen atoms in total. The molecule has 0 bridgehead atoms. The van der Waals surface area contributed by atoms with E-state index in [1.165, 1.54) is 6.07 Å². The Morgan fingerprint density at radius 1 is 1.31 bits per heavy atom. The zero-order chi connectivity index (χ0) is 10.0. The molecule has 0 fully saturated rings. The zero-order valence-corrected chi connectivity index (χ0v) is 10.2. The lowest BCUT2D eigenvalue weighted by Gasteiger charge is -2.08. The van der Waals surface area contributed by atoms with Crippen molar-refractivity contribution in [1.82, 2.24) is 0 Å². The van der Waals surface area contributed by atoms with Gasteiger partial charge in [0, 0.05) is 9.37 Å². The van der Waals surface area contributed by atoms with Crippen LogP contribution < -0.4 is 4.74 Å². The van der Waals surface area contributed by atoms with Crippen molar-refractivity contribution >= 4 is 44.5 Å². The fourth-order valence-electron chi connectivity index (χ4n) is 0.709. The first-order valence-corrected chi connectivity index (χ1v) is 5.17. The standard InChI is InChI=1S/C7H4Br2F2OS/c8-3-1-2-4(12-7(10)11)5(9)6(3)13/h1-2,7,13H. The molecule has 0 aromatic heterocycles. The van der Waals surface area contributed by atoms with Gasteiger partial charge in [-0.1, -0.05) is 0 Å². The molecular weight excluding hydrogens is 330 g/mol. The van der Waals surface area contributed by atoms with Crippen molar-refractivity contribution in [2.75, 3.05) is 0 Å². The van der Waals surface area contributed by atoms with Gasteiger partial charge < -0.3 is 4.74 Å². The lowest BCUT2D eigenvalue weighted by atomic mass is 10.3. The van der Waals surface area contributed by atoms with Crippen LogP contribution in [0.15, 0.2) is 26.0 Å². The highest BCUT2D eigenvalue weighted by atomic mass is 79.9. The van der Waals surface area contributed by atoms with E-state index >= 15 is 0 Å². The van der Waals surface area contributed by atoms with Crippen molar-refractivity contribution in [2.24, 2.45) is 0 Å². The number of hydrogen-bond acceptors (Lipinski definition) is 2. The highest BCUT2D eigenvalue weighted by Crippen LogP contribution is 2.36. The van der Waals surface area contributed by atoms with Gasteiger partial charge in [0.25, 0.3) is 0 Å². The highest BCUT2D eigenvalue weighted by molar-refractivity contribution is 9.11. The maximum atomic E-state index is 11.9. The minimum absolute atomic E-state index is 0.0724. The Morgan fingerprint density at radius 2 is 1.92 bits per heavy atom. The average molecular weight is 334 g/mol. The predicted molar refractivity (Wildman–Crippen MR) is 55.7 cm³/mol. The van der Waals surface area contributed by atoms with Crippen LogP contribution in [0.3, 0.4) is 0 Å². The van der Waals surface area contributed by atoms with Gasteiger partial charge >= 0.3 is 6.61 Å². The Kier molecular flexibility index (Phi) is 4.00. The van der Waals surface area contributed by atoms with Gasteiger partial charge in [-0.05, 0) is 44.0 Å². The van der Waals surface area contributed by atoms with Gasteiger partial charge in [0.2, 0.25) is 0 Å². The van der Waals surface area contributed by atoms with Crippen molar-refractivity contribution < 1.29 is 13.5 Å². The minimum Gasteiger partial charge on any atom is -0.434 e. The molecule has 0 aliphatic carbocycles. The molecule has 0 saturated carbocycles. The molecule has 0 unspecified atom stereocenters. The smallest absolute Gasteiger partial charge is 0.387 e. The molecule has 0 radical (unpaired) electrons. The molecule has 0 amide bonds. The first kappa shape index (κ1) is 11.3. The van der Waals surface area contributed by atoms with Crippen LogP contribution in [0.1, 0.15) is 0 Å². The van der Waals surface area contributed by atoms with Crippen LogP contribution in [0.2, 0.25) is 0 Å². The Balaban J connectivity index is 3.04. The minimum atomic E-state index is -2.83. The summed E-state index contributed by atoms with van der Waals surface area (Å²) < 4.78 is 29.1. The van der Waals surface area contributed by atoms with E-state index in [1.807, 2.05) is 0 Å². The second-order valence-electron chi connectivity index (χ2n) is 2.09. The summed E-state index contributed by atoms with van der Waals surface area (Å²) in [4.78, 5) is 0.526. The molecule has 1 rings (SSSR count). The van der Waals surface area contributed by atoms with Crippen molar-refractivity contribution in [1.29, 1.82) is 0 Å². The first-order valence-electron chi connectivity index (χ1n) is 3.14. The lowest BCUT2D eigenvalue weighted by molar-refractivity contribution is -0.0505. The summed E-state index contributed by atoms with van der Waals surface area (Å²) in [5.74, 6) is 0.0724. The van der Waals surface area contributed by atoms with E-state index in [1.54, 1.807) is 6.07 Å². The number of hydrogen-bond donors (Lipinski definition) is 1. The normalized spacial score (nSPS) is 10.6. The molecule has 13 heavy (non-hydrogen) atoms. The largest absolute Gasteiger partial charge is 0.434 e. The van der Waals surface area contributed by atoms with E-state index in [2.05, 4.69) is 49.2 Å².